The molecule has 1 aromatic heterocycles. The molecule has 2 rings (SSSR count). The minimum absolute atomic E-state index is 0.522. The van der Waals surface area contributed by atoms with E-state index in [1.807, 2.05) is 31.2 Å². The van der Waals surface area contributed by atoms with Gasteiger partial charge in [-0.2, -0.15) is 0 Å². The zero-order chi connectivity index (χ0) is 15.1. The van der Waals surface area contributed by atoms with Gasteiger partial charge in [0.15, 0.2) is 11.7 Å². The number of nitrogens with one attached hydrogen (secondary N) is 1. The number of aromatic nitrogens is 1. The van der Waals surface area contributed by atoms with Gasteiger partial charge in [-0.25, -0.2) is 4.98 Å². The van der Waals surface area contributed by atoms with Crippen LogP contribution in [0.25, 0.3) is 11.3 Å². The summed E-state index contributed by atoms with van der Waals surface area (Å²) < 4.78 is 11.2. The van der Waals surface area contributed by atoms with Gasteiger partial charge >= 0.3 is 0 Å². The second-order valence-electron chi connectivity index (χ2n) is 5.29. The lowest BCUT2D eigenvalue weighted by atomic mass is 10.2. The van der Waals surface area contributed by atoms with Crippen molar-refractivity contribution in [3.8, 4) is 17.1 Å². The lowest BCUT2D eigenvalue weighted by Gasteiger charge is -2.06. The van der Waals surface area contributed by atoms with Gasteiger partial charge in [0.05, 0.1) is 12.8 Å². The number of oxazole rings is 1. The fourth-order valence-electron chi connectivity index (χ4n) is 2.07. The minimum atomic E-state index is 0.522. The first-order valence-electron chi connectivity index (χ1n) is 7.60. The van der Waals surface area contributed by atoms with E-state index < -0.39 is 0 Å². The first-order valence-corrected chi connectivity index (χ1v) is 7.60. The summed E-state index contributed by atoms with van der Waals surface area (Å²) in [5.74, 6) is 2.48. The molecular formula is C17H24N2O2. The molecule has 0 bridgehead atoms. The molecule has 21 heavy (non-hydrogen) atoms. The van der Waals surface area contributed by atoms with Gasteiger partial charge in [-0.15, -0.1) is 0 Å². The maximum Gasteiger partial charge on any atom is 0.194 e. The predicted octanol–water partition coefficient (Wildman–Crippen LogP) is 3.67. The van der Waals surface area contributed by atoms with Gasteiger partial charge in [0.2, 0.25) is 0 Å². The fourth-order valence-corrected chi connectivity index (χ4v) is 2.07. The molecule has 4 nitrogen and oxygen atoms in total. The molecule has 2 aromatic rings. The number of rotatable bonds is 8. The molecule has 0 fully saturated rings. The lowest BCUT2D eigenvalue weighted by Crippen LogP contribution is -2.23. The number of nitrogens with zero attached hydrogens (tertiary/aromatic N) is 1. The molecule has 0 amide bonds. The summed E-state index contributed by atoms with van der Waals surface area (Å²) in [4.78, 5) is 4.34. The number of aryl methyl sites for hydroxylation is 1. The van der Waals surface area contributed by atoms with Crippen molar-refractivity contribution in [1.82, 2.24) is 10.3 Å². The monoisotopic (exact) mass is 288 g/mol. The summed E-state index contributed by atoms with van der Waals surface area (Å²) in [6.07, 6.45) is 3.68. The van der Waals surface area contributed by atoms with Gasteiger partial charge in [0, 0.05) is 18.0 Å². The second-order valence-corrected chi connectivity index (χ2v) is 5.29. The number of hydrogen-bond donors (Lipinski definition) is 1. The van der Waals surface area contributed by atoms with Crippen LogP contribution in [0.15, 0.2) is 34.9 Å². The third kappa shape index (κ3) is 4.90. The van der Waals surface area contributed by atoms with Crippen molar-refractivity contribution in [1.29, 1.82) is 0 Å². The molecule has 0 radical (unpaired) electrons. The molecule has 0 aliphatic rings. The predicted molar refractivity (Wildman–Crippen MR) is 84.6 cm³/mol. The Morgan fingerprint density at radius 2 is 2.00 bits per heavy atom. The fraction of sp³-hybridized carbons (Fsp3) is 0.471. The molecule has 0 aliphatic carbocycles. The van der Waals surface area contributed by atoms with E-state index in [4.69, 9.17) is 9.15 Å². The molecule has 0 saturated carbocycles. The van der Waals surface area contributed by atoms with Crippen LogP contribution in [0.2, 0.25) is 0 Å². The first-order chi connectivity index (χ1) is 10.2. The van der Waals surface area contributed by atoms with Crippen molar-refractivity contribution in [3.63, 3.8) is 0 Å². The average molecular weight is 288 g/mol. The standard InChI is InChI=1S/C17H24N2O2/c1-4-20-15-9-7-14(8-10-15)16-12-19-17(21-16)6-5-11-18-13(2)3/h7-10,12-13,18H,4-6,11H2,1-3H3. The molecule has 0 unspecified atom stereocenters. The molecular weight excluding hydrogens is 264 g/mol. The zero-order valence-corrected chi connectivity index (χ0v) is 13.1. The topological polar surface area (TPSA) is 47.3 Å². The van der Waals surface area contributed by atoms with Crippen LogP contribution in [0.3, 0.4) is 0 Å². The Hall–Kier alpha value is -1.81. The van der Waals surface area contributed by atoms with Crippen molar-refractivity contribution < 1.29 is 9.15 Å². The van der Waals surface area contributed by atoms with Gasteiger partial charge in [-0.05, 0) is 44.2 Å². The van der Waals surface area contributed by atoms with Crippen LogP contribution in [-0.2, 0) is 6.42 Å². The van der Waals surface area contributed by atoms with E-state index in [2.05, 4.69) is 24.1 Å². The van der Waals surface area contributed by atoms with Crippen molar-refractivity contribution >= 4 is 0 Å². The van der Waals surface area contributed by atoms with Gasteiger partial charge < -0.3 is 14.5 Å². The van der Waals surface area contributed by atoms with Crippen LogP contribution in [0.5, 0.6) is 5.75 Å². The molecule has 0 aliphatic heterocycles. The Balaban J connectivity index is 1.89. The van der Waals surface area contributed by atoms with Crippen molar-refractivity contribution in [2.75, 3.05) is 13.2 Å². The quantitative estimate of drug-likeness (QED) is 0.753. The van der Waals surface area contributed by atoms with Crippen LogP contribution in [0.1, 0.15) is 33.1 Å². The Morgan fingerprint density at radius 3 is 2.67 bits per heavy atom. The highest BCUT2D eigenvalue weighted by Crippen LogP contribution is 2.23. The van der Waals surface area contributed by atoms with Crippen molar-refractivity contribution in [3.05, 3.63) is 36.4 Å². The zero-order valence-electron chi connectivity index (χ0n) is 13.1. The minimum Gasteiger partial charge on any atom is -0.494 e. The van der Waals surface area contributed by atoms with Crippen LogP contribution in [-0.4, -0.2) is 24.2 Å². The summed E-state index contributed by atoms with van der Waals surface area (Å²) >= 11 is 0. The highest BCUT2D eigenvalue weighted by molar-refractivity contribution is 5.57. The molecule has 4 heteroatoms. The van der Waals surface area contributed by atoms with E-state index >= 15 is 0 Å². The molecule has 1 heterocycles. The van der Waals surface area contributed by atoms with E-state index in [0.29, 0.717) is 12.6 Å². The molecule has 0 spiro atoms. The smallest absolute Gasteiger partial charge is 0.194 e. The maximum absolute atomic E-state index is 5.80. The molecule has 0 saturated heterocycles. The summed E-state index contributed by atoms with van der Waals surface area (Å²) in [6, 6.07) is 8.42. The number of hydrogen-bond acceptors (Lipinski definition) is 4. The van der Waals surface area contributed by atoms with Crippen LogP contribution in [0.4, 0.5) is 0 Å². The molecule has 0 atom stereocenters. The SMILES string of the molecule is CCOc1ccc(-c2cnc(CCCNC(C)C)o2)cc1. The number of benzene rings is 1. The molecule has 1 N–H and O–H groups in total. The maximum atomic E-state index is 5.80. The highest BCUT2D eigenvalue weighted by Gasteiger charge is 2.06. The van der Waals surface area contributed by atoms with Gasteiger partial charge in [0.25, 0.3) is 0 Å². The third-order valence-corrected chi connectivity index (χ3v) is 3.12. The second kappa shape index (κ2) is 7.84. The largest absolute Gasteiger partial charge is 0.494 e. The van der Waals surface area contributed by atoms with E-state index in [-0.39, 0.29) is 0 Å². The van der Waals surface area contributed by atoms with E-state index in [9.17, 15) is 0 Å². The van der Waals surface area contributed by atoms with Gasteiger partial charge in [-0.3, -0.25) is 0 Å². The Bertz CT molecular complexity index is 532. The Morgan fingerprint density at radius 1 is 1.24 bits per heavy atom. The van der Waals surface area contributed by atoms with Gasteiger partial charge in [-0.1, -0.05) is 13.8 Å². The Kier molecular flexibility index (Phi) is 5.81. The lowest BCUT2D eigenvalue weighted by molar-refractivity contribution is 0.340. The number of ether oxygens (including phenoxy) is 1. The summed E-state index contributed by atoms with van der Waals surface area (Å²) in [5.41, 5.74) is 1.03. The van der Waals surface area contributed by atoms with E-state index in [1.165, 1.54) is 0 Å². The summed E-state index contributed by atoms with van der Waals surface area (Å²) in [5, 5.41) is 3.39. The van der Waals surface area contributed by atoms with Crippen LogP contribution in [0, 0.1) is 0 Å². The Labute approximate surface area is 126 Å². The van der Waals surface area contributed by atoms with E-state index in [0.717, 1.165) is 42.4 Å². The van der Waals surface area contributed by atoms with Crippen molar-refractivity contribution in [2.24, 2.45) is 0 Å². The van der Waals surface area contributed by atoms with E-state index in [1.54, 1.807) is 6.20 Å². The molecule has 1 aromatic carbocycles. The van der Waals surface area contributed by atoms with Gasteiger partial charge in [0.1, 0.15) is 5.75 Å². The van der Waals surface area contributed by atoms with Crippen LogP contribution >= 0.6 is 0 Å². The highest BCUT2D eigenvalue weighted by atomic mass is 16.5. The summed E-state index contributed by atoms with van der Waals surface area (Å²) in [7, 11) is 0. The first kappa shape index (κ1) is 15.6. The van der Waals surface area contributed by atoms with Crippen molar-refractivity contribution in [2.45, 2.75) is 39.7 Å². The van der Waals surface area contributed by atoms with Crippen LogP contribution < -0.4 is 10.1 Å². The third-order valence-electron chi connectivity index (χ3n) is 3.12. The summed E-state index contributed by atoms with van der Waals surface area (Å²) in [6.45, 7) is 7.93. The average Bonchev–Trinajstić information content (AvgIpc) is 2.93. The molecule has 114 valence electrons. The normalized spacial score (nSPS) is 11.0.